The van der Waals surface area contributed by atoms with E-state index in [1.807, 2.05) is 6.07 Å². The predicted octanol–water partition coefficient (Wildman–Crippen LogP) is 5.82. The highest BCUT2D eigenvalue weighted by Gasteiger charge is 2.27. The second-order valence-electron chi connectivity index (χ2n) is 9.47. The molecule has 1 N–H and O–H groups in total. The Balaban J connectivity index is 1.33. The Hall–Kier alpha value is -3.50. The van der Waals surface area contributed by atoms with Gasteiger partial charge in [-0.25, -0.2) is 18.6 Å². The molecule has 0 spiro atoms. The van der Waals surface area contributed by atoms with Crippen LogP contribution in [0.15, 0.2) is 53.6 Å². The van der Waals surface area contributed by atoms with Gasteiger partial charge in [-0.2, -0.15) is 0 Å². The van der Waals surface area contributed by atoms with Gasteiger partial charge in [0.1, 0.15) is 11.4 Å². The summed E-state index contributed by atoms with van der Waals surface area (Å²) >= 11 is 12.4. The van der Waals surface area contributed by atoms with E-state index in [1.165, 1.54) is 6.07 Å². The lowest BCUT2D eigenvalue weighted by molar-refractivity contribution is 0.0904. The van der Waals surface area contributed by atoms with Gasteiger partial charge in [0.15, 0.2) is 5.65 Å². The highest BCUT2D eigenvalue weighted by atomic mass is 35.5. The molecule has 0 atom stereocenters. The third kappa shape index (κ3) is 5.49. The van der Waals surface area contributed by atoms with Crippen LogP contribution >= 0.6 is 23.2 Å². The minimum absolute atomic E-state index is 0.113. The first-order valence-electron chi connectivity index (χ1n) is 12.4. The van der Waals surface area contributed by atoms with E-state index in [1.54, 1.807) is 46.7 Å². The predicted molar refractivity (Wildman–Crippen MR) is 144 cm³/mol. The van der Waals surface area contributed by atoms with Gasteiger partial charge in [-0.15, -0.1) is 0 Å². The first kappa shape index (κ1) is 27.1. The van der Waals surface area contributed by atoms with E-state index in [4.69, 9.17) is 27.9 Å². The lowest BCUT2D eigenvalue weighted by Gasteiger charge is -2.29. The molecule has 0 unspecified atom stereocenters. The number of amides is 1. The number of ether oxygens (including phenoxy) is 1. The molecule has 204 valence electrons. The molecule has 1 aliphatic rings. The van der Waals surface area contributed by atoms with Crippen LogP contribution in [0.25, 0.3) is 16.9 Å². The maximum atomic E-state index is 13.6. The first-order chi connectivity index (χ1) is 18.8. The van der Waals surface area contributed by atoms with Crippen molar-refractivity contribution in [3.8, 4) is 11.4 Å². The van der Waals surface area contributed by atoms with Crippen LogP contribution in [-0.2, 0) is 6.54 Å². The van der Waals surface area contributed by atoms with E-state index in [9.17, 15) is 18.4 Å². The molecular weight excluding hydrogens is 551 g/mol. The molecule has 0 saturated heterocycles. The summed E-state index contributed by atoms with van der Waals surface area (Å²) in [7, 11) is 1.54. The molecule has 1 saturated carbocycles. The lowest BCUT2D eigenvalue weighted by Crippen LogP contribution is -2.39. The number of hydrogen-bond donors (Lipinski definition) is 1. The highest BCUT2D eigenvalue weighted by molar-refractivity contribution is 6.32. The second kappa shape index (κ2) is 11.3. The van der Waals surface area contributed by atoms with Gasteiger partial charge in [-0.05, 0) is 61.9 Å². The van der Waals surface area contributed by atoms with Crippen molar-refractivity contribution >= 4 is 40.3 Å². The standard InChI is InChI=1S/C27H25Cl2F2N5O3/c1-39-18-8-9-20(29)22(12-18)36-21-3-2-10-32-25(21)35(27(36)38)14-15-4-6-17(7-5-15)34-26(37)19-11-16(28)13-33-23(19)24(30)31/h2-3,8-13,15,17,24H,4-7,14H2,1H3,(H,34,37). The SMILES string of the molecule is COc1ccc(Cl)c(-n2c(=O)n(CC3CCC(NC(=O)c4cc(Cl)cnc4C(F)F)CC3)c3ncccc32)c1. The van der Waals surface area contributed by atoms with E-state index in [0.29, 0.717) is 47.0 Å². The number of alkyl halides is 2. The number of imidazole rings is 1. The van der Waals surface area contributed by atoms with Crippen molar-refractivity contribution in [3.05, 3.63) is 80.6 Å². The molecule has 8 nitrogen and oxygen atoms in total. The molecule has 39 heavy (non-hydrogen) atoms. The van der Waals surface area contributed by atoms with Crippen LogP contribution in [0.3, 0.4) is 0 Å². The molecule has 1 aromatic carbocycles. The number of methoxy groups -OCH3 is 1. The fourth-order valence-corrected chi connectivity index (χ4v) is 5.45. The van der Waals surface area contributed by atoms with Crippen molar-refractivity contribution in [2.75, 3.05) is 7.11 Å². The number of hydrogen-bond acceptors (Lipinski definition) is 5. The minimum Gasteiger partial charge on any atom is -0.497 e. The highest BCUT2D eigenvalue weighted by Crippen LogP contribution is 2.30. The zero-order valence-corrected chi connectivity index (χ0v) is 22.4. The summed E-state index contributed by atoms with van der Waals surface area (Å²) in [6, 6.07) is 9.72. The lowest BCUT2D eigenvalue weighted by atomic mass is 9.86. The Bertz CT molecular complexity index is 1580. The first-order valence-corrected chi connectivity index (χ1v) is 13.2. The zero-order chi connectivity index (χ0) is 27.7. The Morgan fingerprint density at radius 2 is 1.92 bits per heavy atom. The normalized spacial score (nSPS) is 17.5. The number of rotatable bonds is 7. The van der Waals surface area contributed by atoms with Crippen LogP contribution in [0.4, 0.5) is 8.78 Å². The summed E-state index contributed by atoms with van der Waals surface area (Å²) in [6.45, 7) is 0.440. The average molecular weight is 576 g/mol. The number of fused-ring (bicyclic) bond motifs is 1. The monoisotopic (exact) mass is 575 g/mol. The van der Waals surface area contributed by atoms with Crippen LogP contribution < -0.4 is 15.7 Å². The van der Waals surface area contributed by atoms with Gasteiger partial charge in [0.05, 0.1) is 33.9 Å². The maximum absolute atomic E-state index is 13.6. The number of carbonyl (C=O) groups excluding carboxylic acids is 1. The molecule has 1 aliphatic carbocycles. The van der Waals surface area contributed by atoms with Crippen molar-refractivity contribution < 1.29 is 18.3 Å². The van der Waals surface area contributed by atoms with E-state index >= 15 is 0 Å². The summed E-state index contributed by atoms with van der Waals surface area (Å²) in [4.78, 5) is 34.5. The fourth-order valence-electron chi connectivity index (χ4n) is 5.09. The molecule has 1 fully saturated rings. The van der Waals surface area contributed by atoms with E-state index in [2.05, 4.69) is 15.3 Å². The summed E-state index contributed by atoms with van der Waals surface area (Å²) < 4.78 is 35.2. The summed E-state index contributed by atoms with van der Waals surface area (Å²) in [5.41, 5.74) is 0.602. The number of nitrogens with zero attached hydrogens (tertiary/aromatic N) is 4. The molecular formula is C27H25Cl2F2N5O3. The van der Waals surface area contributed by atoms with Crippen molar-refractivity contribution in [1.29, 1.82) is 0 Å². The van der Waals surface area contributed by atoms with Gasteiger partial charge in [-0.3, -0.25) is 18.9 Å². The molecule has 0 bridgehead atoms. The van der Waals surface area contributed by atoms with Gasteiger partial charge in [0, 0.05) is 31.0 Å². The summed E-state index contributed by atoms with van der Waals surface area (Å²) in [5, 5.41) is 3.36. The second-order valence-corrected chi connectivity index (χ2v) is 10.3. The Morgan fingerprint density at radius 3 is 2.64 bits per heavy atom. The Kier molecular flexibility index (Phi) is 7.86. The van der Waals surface area contributed by atoms with Gasteiger partial charge < -0.3 is 10.1 Å². The van der Waals surface area contributed by atoms with Crippen molar-refractivity contribution in [2.24, 2.45) is 5.92 Å². The van der Waals surface area contributed by atoms with Crippen LogP contribution in [0.5, 0.6) is 5.75 Å². The van der Waals surface area contributed by atoms with E-state index < -0.39 is 18.0 Å². The van der Waals surface area contributed by atoms with Gasteiger partial charge in [0.25, 0.3) is 12.3 Å². The van der Waals surface area contributed by atoms with Crippen LogP contribution in [0, 0.1) is 5.92 Å². The maximum Gasteiger partial charge on any atom is 0.335 e. The molecule has 5 rings (SSSR count). The molecule has 12 heteroatoms. The largest absolute Gasteiger partial charge is 0.497 e. The molecule has 3 heterocycles. The number of pyridine rings is 2. The van der Waals surface area contributed by atoms with E-state index in [0.717, 1.165) is 19.0 Å². The van der Waals surface area contributed by atoms with Crippen LogP contribution in [0.1, 0.15) is 48.2 Å². The topological polar surface area (TPSA) is 91.0 Å². The molecule has 3 aromatic heterocycles. The molecule has 1 amide bonds. The van der Waals surface area contributed by atoms with Gasteiger partial charge in [0.2, 0.25) is 0 Å². The number of halogens is 4. The number of benzene rings is 1. The van der Waals surface area contributed by atoms with Gasteiger partial charge >= 0.3 is 5.69 Å². The van der Waals surface area contributed by atoms with Crippen molar-refractivity contribution in [1.82, 2.24) is 24.4 Å². The number of aromatic nitrogens is 4. The Morgan fingerprint density at radius 1 is 1.15 bits per heavy atom. The summed E-state index contributed by atoms with van der Waals surface area (Å²) in [5.74, 6) is 0.102. The van der Waals surface area contributed by atoms with Crippen molar-refractivity contribution in [2.45, 2.75) is 44.7 Å². The smallest absolute Gasteiger partial charge is 0.335 e. The zero-order valence-electron chi connectivity index (χ0n) is 20.9. The van der Waals surface area contributed by atoms with Crippen molar-refractivity contribution in [3.63, 3.8) is 0 Å². The van der Waals surface area contributed by atoms with Crippen LogP contribution in [-0.4, -0.2) is 38.2 Å². The quantitative estimate of drug-likeness (QED) is 0.299. The third-order valence-corrected chi connectivity index (χ3v) is 7.56. The molecule has 0 radical (unpaired) electrons. The third-order valence-electron chi connectivity index (χ3n) is 7.04. The number of carbonyl (C=O) groups is 1. The minimum atomic E-state index is -2.89. The Labute approximate surface area is 232 Å². The van der Waals surface area contributed by atoms with Crippen LogP contribution in [0.2, 0.25) is 10.0 Å². The average Bonchev–Trinajstić information content (AvgIpc) is 3.20. The number of nitrogens with one attached hydrogen (secondary N) is 1. The fraction of sp³-hybridized carbons (Fsp3) is 0.333. The van der Waals surface area contributed by atoms with Gasteiger partial charge in [-0.1, -0.05) is 23.2 Å². The molecule has 0 aliphatic heterocycles. The summed E-state index contributed by atoms with van der Waals surface area (Å²) in [6.07, 6.45) is 2.58. The van der Waals surface area contributed by atoms with E-state index in [-0.39, 0.29) is 28.2 Å². The molecule has 4 aromatic rings.